The van der Waals surface area contributed by atoms with Crippen molar-refractivity contribution in [3.63, 3.8) is 0 Å². The van der Waals surface area contributed by atoms with Crippen LogP contribution < -0.4 is 5.32 Å². The van der Waals surface area contributed by atoms with E-state index in [4.69, 9.17) is 0 Å². The molecule has 1 aromatic heterocycles. The first-order chi connectivity index (χ1) is 12.6. The van der Waals surface area contributed by atoms with Crippen molar-refractivity contribution in [3.05, 3.63) is 93.7 Å². The maximum absolute atomic E-state index is 13.0. The zero-order chi connectivity index (χ0) is 18.1. The Morgan fingerprint density at radius 1 is 1.12 bits per heavy atom. The molecule has 26 heavy (non-hydrogen) atoms. The van der Waals surface area contributed by atoms with E-state index in [0.29, 0.717) is 12.1 Å². The van der Waals surface area contributed by atoms with Crippen LogP contribution in [0.4, 0.5) is 5.69 Å². The summed E-state index contributed by atoms with van der Waals surface area (Å²) in [5, 5.41) is 3.49. The first-order valence-corrected chi connectivity index (χ1v) is 9.25. The Kier molecular flexibility index (Phi) is 4.47. The highest BCUT2D eigenvalue weighted by atomic mass is 79.9. The molecule has 0 spiro atoms. The number of hydrogen-bond donors (Lipinski definition) is 1. The Hall–Kier alpha value is -2.66. The van der Waals surface area contributed by atoms with E-state index in [1.807, 2.05) is 66.4 Å². The number of rotatable bonds is 4. The lowest BCUT2D eigenvalue weighted by Gasteiger charge is -2.27. The van der Waals surface area contributed by atoms with Crippen molar-refractivity contribution in [3.8, 4) is 0 Å². The number of nitrogens with zero attached hydrogens (tertiary/aromatic N) is 2. The highest BCUT2D eigenvalue weighted by Gasteiger charge is 2.38. The monoisotopic (exact) mass is 407 g/mol. The van der Waals surface area contributed by atoms with Crippen LogP contribution in [0.3, 0.4) is 0 Å². The van der Waals surface area contributed by atoms with Crippen LogP contribution in [0, 0.1) is 6.92 Å². The first kappa shape index (κ1) is 16.8. The van der Waals surface area contributed by atoms with E-state index in [0.717, 1.165) is 21.4 Å². The number of carbonyl (C=O) groups is 1. The second kappa shape index (κ2) is 6.92. The molecule has 0 saturated heterocycles. The van der Waals surface area contributed by atoms with E-state index in [1.165, 1.54) is 5.56 Å². The fourth-order valence-corrected chi connectivity index (χ4v) is 3.82. The maximum Gasteiger partial charge on any atom is 0.258 e. The van der Waals surface area contributed by atoms with Crippen molar-refractivity contribution in [2.45, 2.75) is 19.6 Å². The molecular weight excluding hydrogens is 390 g/mol. The minimum Gasteiger partial charge on any atom is -0.359 e. The summed E-state index contributed by atoms with van der Waals surface area (Å²) in [6.45, 7) is 2.57. The van der Waals surface area contributed by atoms with Crippen molar-refractivity contribution < 1.29 is 4.79 Å². The third-order valence-corrected chi connectivity index (χ3v) is 5.17. The van der Waals surface area contributed by atoms with E-state index >= 15 is 0 Å². The van der Waals surface area contributed by atoms with Crippen molar-refractivity contribution >= 4 is 27.5 Å². The topological polar surface area (TPSA) is 45.2 Å². The van der Waals surface area contributed by atoms with Gasteiger partial charge in [-0.3, -0.25) is 9.78 Å². The lowest BCUT2D eigenvalue weighted by molar-refractivity contribution is 0.0727. The number of carbonyl (C=O) groups excluding carboxylic acids is 1. The summed E-state index contributed by atoms with van der Waals surface area (Å²) in [7, 11) is 0. The molecule has 0 unspecified atom stereocenters. The molecule has 0 saturated carbocycles. The van der Waals surface area contributed by atoms with E-state index in [1.54, 1.807) is 6.20 Å². The average Bonchev–Trinajstić information content (AvgIpc) is 2.91. The van der Waals surface area contributed by atoms with E-state index in [2.05, 4.69) is 32.3 Å². The van der Waals surface area contributed by atoms with Gasteiger partial charge in [-0.05, 0) is 58.2 Å². The van der Waals surface area contributed by atoms with Crippen LogP contribution in [-0.2, 0) is 6.54 Å². The van der Waals surface area contributed by atoms with Gasteiger partial charge in [-0.1, -0.05) is 36.4 Å². The molecular formula is C21H18BrN3O. The fraction of sp³-hybridized carbons (Fsp3) is 0.143. The smallest absolute Gasteiger partial charge is 0.258 e. The molecule has 0 bridgehead atoms. The van der Waals surface area contributed by atoms with Gasteiger partial charge in [-0.2, -0.15) is 0 Å². The van der Waals surface area contributed by atoms with Gasteiger partial charge in [-0.15, -0.1) is 0 Å². The number of nitrogens with one attached hydrogen (secondary N) is 1. The number of anilines is 1. The number of pyridine rings is 1. The number of halogens is 1. The van der Waals surface area contributed by atoms with Gasteiger partial charge in [0.25, 0.3) is 5.91 Å². The van der Waals surface area contributed by atoms with Gasteiger partial charge in [0, 0.05) is 17.2 Å². The van der Waals surface area contributed by atoms with Crippen LogP contribution in [0.25, 0.3) is 0 Å². The van der Waals surface area contributed by atoms with Gasteiger partial charge < -0.3 is 10.2 Å². The molecule has 1 atom stereocenters. The summed E-state index contributed by atoms with van der Waals surface area (Å²) in [4.78, 5) is 19.3. The molecule has 2 aromatic carbocycles. The van der Waals surface area contributed by atoms with Crippen molar-refractivity contribution in [1.82, 2.24) is 9.88 Å². The Morgan fingerprint density at radius 2 is 1.92 bits per heavy atom. The summed E-state index contributed by atoms with van der Waals surface area (Å²) in [5.74, 6) is -0.00214. The molecule has 5 heteroatoms. The molecule has 1 aliphatic rings. The van der Waals surface area contributed by atoms with Crippen LogP contribution in [0.5, 0.6) is 0 Å². The van der Waals surface area contributed by atoms with E-state index in [9.17, 15) is 4.79 Å². The van der Waals surface area contributed by atoms with Crippen molar-refractivity contribution in [2.75, 3.05) is 5.32 Å². The SMILES string of the molecule is Cc1ccc(N[C@@H]2c3ncccc3C(=O)N2Cc2ccccc2)c(Br)c1. The first-order valence-electron chi connectivity index (χ1n) is 8.46. The Morgan fingerprint density at radius 3 is 2.69 bits per heavy atom. The van der Waals surface area contributed by atoms with Crippen LogP contribution in [0.15, 0.2) is 71.3 Å². The number of aromatic nitrogens is 1. The lowest BCUT2D eigenvalue weighted by Crippen LogP contribution is -2.32. The van der Waals surface area contributed by atoms with Crippen LogP contribution in [-0.4, -0.2) is 15.8 Å². The minimum atomic E-state index is -0.307. The third kappa shape index (κ3) is 3.10. The highest BCUT2D eigenvalue weighted by Crippen LogP contribution is 2.36. The lowest BCUT2D eigenvalue weighted by atomic mass is 10.2. The second-order valence-electron chi connectivity index (χ2n) is 6.39. The maximum atomic E-state index is 13.0. The molecule has 2 heterocycles. The Bertz CT molecular complexity index is 958. The summed E-state index contributed by atoms with van der Waals surface area (Å²) in [6.07, 6.45) is 1.43. The van der Waals surface area contributed by atoms with Gasteiger partial charge in [0.15, 0.2) is 0 Å². The van der Waals surface area contributed by atoms with Gasteiger partial charge >= 0.3 is 0 Å². The van der Waals surface area contributed by atoms with Crippen molar-refractivity contribution in [1.29, 1.82) is 0 Å². The molecule has 4 rings (SSSR count). The fourth-order valence-electron chi connectivity index (χ4n) is 3.21. The average molecular weight is 408 g/mol. The summed E-state index contributed by atoms with van der Waals surface area (Å²) in [6, 6.07) is 19.8. The molecule has 1 N–H and O–H groups in total. The van der Waals surface area contributed by atoms with Crippen LogP contribution in [0.2, 0.25) is 0 Å². The molecule has 4 nitrogen and oxygen atoms in total. The van der Waals surface area contributed by atoms with Crippen molar-refractivity contribution in [2.24, 2.45) is 0 Å². The van der Waals surface area contributed by atoms with Crippen LogP contribution in [0.1, 0.15) is 33.3 Å². The summed E-state index contributed by atoms with van der Waals surface area (Å²) >= 11 is 3.61. The van der Waals surface area contributed by atoms with E-state index in [-0.39, 0.29) is 12.1 Å². The molecule has 0 radical (unpaired) electrons. The van der Waals surface area contributed by atoms with Gasteiger partial charge in [0.2, 0.25) is 0 Å². The van der Waals surface area contributed by atoms with Gasteiger partial charge in [0.05, 0.1) is 16.9 Å². The van der Waals surface area contributed by atoms with Gasteiger partial charge in [0.1, 0.15) is 6.17 Å². The Balaban J connectivity index is 1.71. The summed E-state index contributed by atoms with van der Waals surface area (Å²) < 4.78 is 0.967. The molecule has 130 valence electrons. The predicted octanol–water partition coefficient (Wildman–Crippen LogP) is 4.92. The normalized spacial score (nSPS) is 15.8. The standard InChI is InChI=1S/C21H18BrN3O/c1-14-9-10-18(17(22)12-14)24-20-19-16(8-5-11-23-19)21(26)25(20)13-15-6-3-2-4-7-15/h2-12,20,24H,13H2,1H3/t20-/m0/s1. The predicted molar refractivity (Wildman–Crippen MR) is 106 cm³/mol. The number of amides is 1. The van der Waals surface area contributed by atoms with Crippen LogP contribution >= 0.6 is 15.9 Å². The number of aryl methyl sites for hydroxylation is 1. The molecule has 1 amide bonds. The zero-order valence-corrected chi connectivity index (χ0v) is 15.9. The minimum absolute atomic E-state index is 0.00214. The summed E-state index contributed by atoms with van der Waals surface area (Å²) in [5.41, 5.74) is 4.61. The number of fused-ring (bicyclic) bond motifs is 1. The largest absolute Gasteiger partial charge is 0.359 e. The highest BCUT2D eigenvalue weighted by molar-refractivity contribution is 9.10. The molecule has 3 aromatic rings. The molecule has 1 aliphatic heterocycles. The number of benzene rings is 2. The van der Waals surface area contributed by atoms with Gasteiger partial charge in [-0.25, -0.2) is 0 Å². The Labute approximate surface area is 161 Å². The van der Waals surface area contributed by atoms with E-state index < -0.39 is 0 Å². The second-order valence-corrected chi connectivity index (χ2v) is 7.24. The molecule has 0 fully saturated rings. The third-order valence-electron chi connectivity index (χ3n) is 4.51. The quantitative estimate of drug-likeness (QED) is 0.667. The number of hydrogen-bond acceptors (Lipinski definition) is 3. The molecule has 0 aliphatic carbocycles. The zero-order valence-electron chi connectivity index (χ0n) is 14.3.